The lowest BCUT2D eigenvalue weighted by Crippen LogP contribution is -2.22. The second kappa shape index (κ2) is 6.59. The van der Waals surface area contributed by atoms with Crippen molar-refractivity contribution < 1.29 is 8.78 Å². The molecule has 0 fully saturated rings. The molecular formula is C14H14BrF2NS. The molecule has 0 aliphatic heterocycles. The second-order valence-electron chi connectivity index (χ2n) is 4.20. The summed E-state index contributed by atoms with van der Waals surface area (Å²) in [5.74, 6) is -1.60. The smallest absolute Gasteiger partial charge is 0.159 e. The molecule has 102 valence electrons. The van der Waals surface area contributed by atoms with E-state index in [1.165, 1.54) is 17.0 Å². The normalized spacial score (nSPS) is 12.6. The van der Waals surface area contributed by atoms with Crippen molar-refractivity contribution in [1.82, 2.24) is 5.32 Å². The summed E-state index contributed by atoms with van der Waals surface area (Å²) in [7, 11) is 0. The van der Waals surface area contributed by atoms with Gasteiger partial charge in [-0.15, -0.1) is 11.3 Å². The molecule has 0 aliphatic carbocycles. The van der Waals surface area contributed by atoms with Crippen molar-refractivity contribution >= 4 is 27.3 Å². The van der Waals surface area contributed by atoms with E-state index in [0.717, 1.165) is 16.6 Å². The number of benzene rings is 1. The van der Waals surface area contributed by atoms with Gasteiger partial charge in [0.25, 0.3) is 0 Å². The van der Waals surface area contributed by atoms with Gasteiger partial charge in [-0.25, -0.2) is 8.78 Å². The van der Waals surface area contributed by atoms with Crippen LogP contribution in [0.25, 0.3) is 0 Å². The van der Waals surface area contributed by atoms with Gasteiger partial charge in [-0.3, -0.25) is 0 Å². The number of nitrogens with one attached hydrogen (secondary N) is 1. The van der Waals surface area contributed by atoms with Crippen molar-refractivity contribution in [3.63, 3.8) is 0 Å². The number of rotatable bonds is 5. The summed E-state index contributed by atoms with van der Waals surface area (Å²) < 4.78 is 27.2. The van der Waals surface area contributed by atoms with Gasteiger partial charge in [0.05, 0.1) is 0 Å². The Morgan fingerprint density at radius 2 is 2.05 bits per heavy atom. The maximum Gasteiger partial charge on any atom is 0.159 e. The van der Waals surface area contributed by atoms with Crippen molar-refractivity contribution in [2.24, 2.45) is 0 Å². The average Bonchev–Trinajstić information content (AvgIpc) is 2.79. The van der Waals surface area contributed by atoms with Crippen molar-refractivity contribution in [2.75, 3.05) is 6.54 Å². The van der Waals surface area contributed by atoms with Gasteiger partial charge >= 0.3 is 0 Å². The molecule has 2 aromatic rings. The predicted molar refractivity (Wildman–Crippen MR) is 78.5 cm³/mol. The van der Waals surface area contributed by atoms with Crippen LogP contribution in [0.2, 0.25) is 0 Å². The molecule has 0 amide bonds. The molecule has 1 unspecified atom stereocenters. The van der Waals surface area contributed by atoms with E-state index < -0.39 is 11.6 Å². The fourth-order valence-electron chi connectivity index (χ4n) is 1.96. The van der Waals surface area contributed by atoms with Crippen LogP contribution in [-0.4, -0.2) is 6.54 Å². The van der Waals surface area contributed by atoms with Crippen LogP contribution in [-0.2, 0) is 6.42 Å². The molecule has 1 atom stereocenters. The quantitative estimate of drug-likeness (QED) is 0.829. The molecule has 5 heteroatoms. The van der Waals surface area contributed by atoms with Gasteiger partial charge in [0.2, 0.25) is 0 Å². The first-order valence-electron chi connectivity index (χ1n) is 6.02. The molecule has 19 heavy (non-hydrogen) atoms. The molecule has 0 radical (unpaired) electrons. The van der Waals surface area contributed by atoms with Gasteiger partial charge < -0.3 is 5.32 Å². The molecule has 1 N–H and O–H groups in total. The average molecular weight is 346 g/mol. The first-order chi connectivity index (χ1) is 9.11. The monoisotopic (exact) mass is 345 g/mol. The molecule has 1 heterocycles. The highest BCUT2D eigenvalue weighted by Gasteiger charge is 2.16. The van der Waals surface area contributed by atoms with Gasteiger partial charge in [0, 0.05) is 15.4 Å². The molecular weight excluding hydrogens is 332 g/mol. The van der Waals surface area contributed by atoms with Gasteiger partial charge in [0.1, 0.15) is 0 Å². The third-order valence-corrected chi connectivity index (χ3v) is 4.82. The largest absolute Gasteiger partial charge is 0.309 e. The van der Waals surface area contributed by atoms with E-state index in [1.807, 2.05) is 18.4 Å². The third-order valence-electron chi connectivity index (χ3n) is 2.84. The van der Waals surface area contributed by atoms with Crippen LogP contribution in [0.1, 0.15) is 23.4 Å². The lowest BCUT2D eigenvalue weighted by Gasteiger charge is -2.17. The van der Waals surface area contributed by atoms with E-state index in [0.29, 0.717) is 6.42 Å². The van der Waals surface area contributed by atoms with E-state index >= 15 is 0 Å². The lowest BCUT2D eigenvalue weighted by atomic mass is 10.0. The third kappa shape index (κ3) is 3.61. The van der Waals surface area contributed by atoms with E-state index in [4.69, 9.17) is 0 Å². The number of hydrogen-bond donors (Lipinski definition) is 1. The summed E-state index contributed by atoms with van der Waals surface area (Å²) >= 11 is 5.16. The number of thiophene rings is 1. The first kappa shape index (κ1) is 14.6. The van der Waals surface area contributed by atoms with Gasteiger partial charge in [0.15, 0.2) is 11.6 Å². The Bertz CT molecular complexity index is 556. The van der Waals surface area contributed by atoms with Gasteiger partial charge in [-0.2, -0.15) is 0 Å². The summed E-state index contributed by atoms with van der Waals surface area (Å²) in [6, 6.07) is 6.17. The van der Waals surface area contributed by atoms with Crippen LogP contribution in [0.3, 0.4) is 0 Å². The maximum atomic E-state index is 13.2. The number of hydrogen-bond acceptors (Lipinski definition) is 2. The maximum absolute atomic E-state index is 13.2. The summed E-state index contributed by atoms with van der Waals surface area (Å²) in [5.41, 5.74) is 0.783. The van der Waals surface area contributed by atoms with E-state index in [2.05, 4.69) is 21.2 Å². The van der Waals surface area contributed by atoms with Crippen LogP contribution < -0.4 is 5.32 Å². The minimum absolute atomic E-state index is 0.101. The van der Waals surface area contributed by atoms with Crippen LogP contribution in [0, 0.1) is 11.6 Å². The fourth-order valence-corrected chi connectivity index (χ4v) is 3.69. The minimum atomic E-state index is -0.805. The zero-order valence-electron chi connectivity index (χ0n) is 10.4. The summed E-state index contributed by atoms with van der Waals surface area (Å²) in [6.45, 7) is 2.85. The van der Waals surface area contributed by atoms with E-state index in [-0.39, 0.29) is 6.04 Å². The minimum Gasteiger partial charge on any atom is -0.309 e. The molecule has 0 saturated heterocycles. The van der Waals surface area contributed by atoms with Crippen LogP contribution in [0.4, 0.5) is 8.78 Å². The molecule has 0 saturated carbocycles. The van der Waals surface area contributed by atoms with Crippen molar-refractivity contribution in [3.05, 3.63) is 56.2 Å². The fraction of sp³-hybridized carbons (Fsp3) is 0.286. The molecule has 0 spiro atoms. The molecule has 2 rings (SSSR count). The lowest BCUT2D eigenvalue weighted by molar-refractivity contribution is 0.503. The zero-order valence-corrected chi connectivity index (χ0v) is 12.8. The topological polar surface area (TPSA) is 12.0 Å². The molecule has 1 nitrogen and oxygen atoms in total. The van der Waals surface area contributed by atoms with Crippen LogP contribution >= 0.6 is 27.3 Å². The van der Waals surface area contributed by atoms with Crippen LogP contribution in [0.5, 0.6) is 0 Å². The van der Waals surface area contributed by atoms with Crippen molar-refractivity contribution in [1.29, 1.82) is 0 Å². The molecule has 1 aromatic heterocycles. The van der Waals surface area contributed by atoms with E-state index in [9.17, 15) is 8.78 Å². The Hall–Kier alpha value is -0.780. The molecule has 1 aromatic carbocycles. The summed E-state index contributed by atoms with van der Waals surface area (Å²) in [5, 5.41) is 5.38. The molecule has 0 aliphatic rings. The van der Waals surface area contributed by atoms with Crippen molar-refractivity contribution in [3.8, 4) is 0 Å². The van der Waals surface area contributed by atoms with Gasteiger partial charge in [-0.1, -0.05) is 13.0 Å². The number of halogens is 3. The zero-order chi connectivity index (χ0) is 13.8. The highest BCUT2D eigenvalue weighted by molar-refractivity contribution is 9.10. The Morgan fingerprint density at radius 1 is 1.26 bits per heavy atom. The Balaban J connectivity index is 2.21. The second-order valence-corrected chi connectivity index (χ2v) is 6.00. The highest BCUT2D eigenvalue weighted by Crippen LogP contribution is 2.31. The summed E-state index contributed by atoms with van der Waals surface area (Å²) in [6.07, 6.45) is 0.629. The highest BCUT2D eigenvalue weighted by atomic mass is 79.9. The van der Waals surface area contributed by atoms with Crippen LogP contribution in [0.15, 0.2) is 34.1 Å². The predicted octanol–water partition coefficient (Wildman–Crippen LogP) is 4.68. The number of likely N-dealkylation sites (N-methyl/N-ethyl adjacent to an activating group) is 1. The summed E-state index contributed by atoms with van der Waals surface area (Å²) in [4.78, 5) is 1.17. The Kier molecular flexibility index (Phi) is 5.07. The SMILES string of the molecule is CCNC(Cc1ccc(F)c(F)c1)c1sccc1Br. The standard InChI is InChI=1S/C14H14BrF2NS/c1-2-18-13(14-10(15)5-6-19-14)8-9-3-4-11(16)12(17)7-9/h3-7,13,18H,2,8H2,1H3. The van der Waals surface area contributed by atoms with Crippen molar-refractivity contribution in [2.45, 2.75) is 19.4 Å². The first-order valence-corrected chi connectivity index (χ1v) is 7.69. The van der Waals surface area contributed by atoms with E-state index in [1.54, 1.807) is 17.4 Å². The Morgan fingerprint density at radius 3 is 2.63 bits per heavy atom. The van der Waals surface area contributed by atoms with Gasteiger partial charge in [-0.05, 0) is 58.0 Å². The Labute approximate surface area is 123 Å². The molecule has 0 bridgehead atoms.